The molecular formula is C34H33BrN2O5S. The van der Waals surface area contributed by atoms with Crippen LogP contribution in [0.25, 0.3) is 6.08 Å². The fourth-order valence-corrected chi connectivity index (χ4v) is 6.64. The second-order valence-electron chi connectivity index (χ2n) is 10.4. The predicted octanol–water partition coefficient (Wildman–Crippen LogP) is 6.27. The van der Waals surface area contributed by atoms with Gasteiger partial charge in [0.25, 0.3) is 5.56 Å². The number of hydrogen-bond donors (Lipinski definition) is 0. The molecule has 0 fully saturated rings. The van der Waals surface area contributed by atoms with Crippen LogP contribution < -0.4 is 24.4 Å². The smallest absolute Gasteiger partial charge is 0.338 e. The van der Waals surface area contributed by atoms with Gasteiger partial charge < -0.3 is 14.2 Å². The molecule has 0 spiro atoms. The van der Waals surface area contributed by atoms with Crippen LogP contribution in [0.4, 0.5) is 0 Å². The average Bonchev–Trinajstić information content (AvgIpc) is 3.29. The van der Waals surface area contributed by atoms with Crippen LogP contribution >= 0.6 is 27.3 Å². The van der Waals surface area contributed by atoms with Crippen molar-refractivity contribution < 1.29 is 19.0 Å². The zero-order valence-electron chi connectivity index (χ0n) is 24.7. The molecule has 43 heavy (non-hydrogen) atoms. The maximum Gasteiger partial charge on any atom is 0.338 e. The molecule has 1 aliphatic rings. The van der Waals surface area contributed by atoms with Gasteiger partial charge >= 0.3 is 5.97 Å². The van der Waals surface area contributed by atoms with Crippen LogP contribution in [0.5, 0.6) is 11.5 Å². The SMILES string of the molecule is CCOC(=O)C1=C(C)N=c2s/c(=C/c3cc(Br)c(OCc4ccccc4)c(OC)c3)c(=O)n2C1c1ccc(C(C)C)cc1. The third kappa shape index (κ3) is 6.38. The van der Waals surface area contributed by atoms with E-state index in [0.717, 1.165) is 16.7 Å². The molecule has 0 amide bonds. The van der Waals surface area contributed by atoms with Gasteiger partial charge in [0.2, 0.25) is 0 Å². The van der Waals surface area contributed by atoms with Crippen molar-refractivity contribution >= 4 is 39.3 Å². The molecule has 7 nitrogen and oxygen atoms in total. The molecule has 4 aromatic rings. The molecule has 1 aliphatic heterocycles. The summed E-state index contributed by atoms with van der Waals surface area (Å²) in [5.41, 5.74) is 4.43. The number of benzene rings is 3. The minimum absolute atomic E-state index is 0.223. The summed E-state index contributed by atoms with van der Waals surface area (Å²) in [5.74, 6) is 0.984. The molecule has 0 radical (unpaired) electrons. The summed E-state index contributed by atoms with van der Waals surface area (Å²) in [4.78, 5) is 32.4. The van der Waals surface area contributed by atoms with Crippen LogP contribution in [0.2, 0.25) is 0 Å². The lowest BCUT2D eigenvalue weighted by atomic mass is 9.93. The summed E-state index contributed by atoms with van der Waals surface area (Å²) in [7, 11) is 1.58. The van der Waals surface area contributed by atoms with Gasteiger partial charge in [-0.25, -0.2) is 9.79 Å². The van der Waals surface area contributed by atoms with Crippen molar-refractivity contribution in [3.8, 4) is 11.5 Å². The summed E-state index contributed by atoms with van der Waals surface area (Å²) < 4.78 is 19.9. The van der Waals surface area contributed by atoms with Crippen LogP contribution in [0.1, 0.15) is 61.9 Å². The number of ether oxygens (including phenoxy) is 3. The second-order valence-corrected chi connectivity index (χ2v) is 12.3. The van der Waals surface area contributed by atoms with Crippen molar-refractivity contribution in [2.45, 2.75) is 46.3 Å². The monoisotopic (exact) mass is 660 g/mol. The highest BCUT2D eigenvalue weighted by Crippen LogP contribution is 2.37. The molecule has 0 N–H and O–H groups in total. The highest BCUT2D eigenvalue weighted by molar-refractivity contribution is 9.10. The van der Waals surface area contributed by atoms with Crippen molar-refractivity contribution in [2.75, 3.05) is 13.7 Å². The number of fused-ring (bicyclic) bond motifs is 1. The summed E-state index contributed by atoms with van der Waals surface area (Å²) >= 11 is 4.90. The van der Waals surface area contributed by atoms with E-state index in [9.17, 15) is 9.59 Å². The van der Waals surface area contributed by atoms with Crippen molar-refractivity contribution in [2.24, 2.45) is 4.99 Å². The van der Waals surface area contributed by atoms with Crippen molar-refractivity contribution in [1.82, 2.24) is 4.57 Å². The number of halogens is 1. The first-order valence-corrected chi connectivity index (χ1v) is 15.7. The summed E-state index contributed by atoms with van der Waals surface area (Å²) in [6, 6.07) is 21.0. The van der Waals surface area contributed by atoms with E-state index in [-0.39, 0.29) is 12.2 Å². The molecule has 0 saturated heterocycles. The van der Waals surface area contributed by atoms with E-state index >= 15 is 0 Å². The molecule has 0 bridgehead atoms. The Labute approximate surface area is 262 Å². The van der Waals surface area contributed by atoms with Crippen LogP contribution in [0.15, 0.2) is 92.3 Å². The van der Waals surface area contributed by atoms with Crippen molar-refractivity contribution in [3.63, 3.8) is 0 Å². The quantitative estimate of drug-likeness (QED) is 0.198. The maximum absolute atomic E-state index is 14.0. The van der Waals surface area contributed by atoms with Gasteiger partial charge in [-0.1, -0.05) is 79.8 Å². The first-order chi connectivity index (χ1) is 20.7. The number of thiazole rings is 1. The van der Waals surface area contributed by atoms with E-state index in [2.05, 4.69) is 34.8 Å². The molecule has 2 heterocycles. The van der Waals surface area contributed by atoms with Crippen LogP contribution in [0, 0.1) is 0 Å². The minimum atomic E-state index is -0.659. The topological polar surface area (TPSA) is 79.1 Å². The van der Waals surface area contributed by atoms with E-state index in [0.29, 0.717) is 49.1 Å². The number of allylic oxidation sites excluding steroid dienone is 1. The Hall–Kier alpha value is -3.95. The van der Waals surface area contributed by atoms with Gasteiger partial charge in [-0.2, -0.15) is 0 Å². The van der Waals surface area contributed by atoms with Gasteiger partial charge in [0.15, 0.2) is 16.3 Å². The lowest BCUT2D eigenvalue weighted by Crippen LogP contribution is -2.39. The standard InChI is InChI=1S/C34H33BrN2O5S/c1-6-41-33(39)29-21(4)36-34-37(30(29)25-14-12-24(13-15-25)20(2)3)32(38)28(43-34)18-23-16-26(35)31(27(17-23)40-5)42-19-22-10-8-7-9-11-22/h7-18,20,30H,6,19H2,1-5H3/b28-18+. The highest BCUT2D eigenvalue weighted by Gasteiger charge is 2.33. The van der Waals surface area contributed by atoms with E-state index in [1.165, 1.54) is 16.9 Å². The first kappa shape index (κ1) is 30.5. The first-order valence-electron chi connectivity index (χ1n) is 14.1. The fraction of sp³-hybridized carbons (Fsp3) is 0.265. The van der Waals surface area contributed by atoms with Gasteiger partial charge in [-0.15, -0.1) is 0 Å². The number of rotatable bonds is 9. The number of carbonyl (C=O) groups excluding carboxylic acids is 1. The molecule has 3 aromatic carbocycles. The minimum Gasteiger partial charge on any atom is -0.493 e. The van der Waals surface area contributed by atoms with Crippen molar-refractivity contribution in [1.29, 1.82) is 0 Å². The lowest BCUT2D eigenvalue weighted by molar-refractivity contribution is -0.139. The van der Waals surface area contributed by atoms with Gasteiger partial charge in [-0.3, -0.25) is 9.36 Å². The van der Waals surface area contributed by atoms with Crippen molar-refractivity contribution in [3.05, 3.63) is 124 Å². The number of carbonyl (C=O) groups is 1. The molecule has 9 heteroatoms. The van der Waals surface area contributed by atoms with Crippen LogP contribution in [0.3, 0.4) is 0 Å². The summed E-state index contributed by atoms with van der Waals surface area (Å²) in [6.07, 6.45) is 1.81. The second kappa shape index (κ2) is 13.1. The van der Waals surface area contributed by atoms with E-state index < -0.39 is 12.0 Å². The zero-order chi connectivity index (χ0) is 30.7. The number of methoxy groups -OCH3 is 1. The number of aromatic nitrogens is 1. The Morgan fingerprint density at radius 1 is 1.12 bits per heavy atom. The number of esters is 1. The molecule has 0 saturated carbocycles. The molecule has 1 atom stereocenters. The molecule has 5 rings (SSSR count). The third-order valence-corrected chi connectivity index (χ3v) is 8.78. The Morgan fingerprint density at radius 3 is 2.49 bits per heavy atom. The molecule has 1 aromatic heterocycles. The largest absolute Gasteiger partial charge is 0.493 e. The average molecular weight is 662 g/mol. The van der Waals surface area contributed by atoms with E-state index in [4.69, 9.17) is 14.2 Å². The number of hydrogen-bond acceptors (Lipinski definition) is 7. The fourth-order valence-electron chi connectivity index (χ4n) is 5.01. The Morgan fingerprint density at radius 2 is 1.84 bits per heavy atom. The Kier molecular flexibility index (Phi) is 9.32. The van der Waals surface area contributed by atoms with E-state index in [1.54, 1.807) is 31.6 Å². The lowest BCUT2D eigenvalue weighted by Gasteiger charge is -2.25. The van der Waals surface area contributed by atoms with Gasteiger partial charge in [0.1, 0.15) is 6.61 Å². The predicted molar refractivity (Wildman–Crippen MR) is 172 cm³/mol. The third-order valence-electron chi connectivity index (χ3n) is 7.21. The Bertz CT molecular complexity index is 1860. The van der Waals surface area contributed by atoms with Gasteiger partial charge in [0, 0.05) is 0 Å². The van der Waals surface area contributed by atoms with Gasteiger partial charge in [0.05, 0.1) is 40.0 Å². The van der Waals surface area contributed by atoms with Crippen LogP contribution in [-0.2, 0) is 16.1 Å². The number of nitrogens with zero attached hydrogens (tertiary/aromatic N) is 2. The van der Waals surface area contributed by atoms with Crippen LogP contribution in [-0.4, -0.2) is 24.3 Å². The molecule has 222 valence electrons. The van der Waals surface area contributed by atoms with Gasteiger partial charge in [-0.05, 0) is 76.2 Å². The summed E-state index contributed by atoms with van der Waals surface area (Å²) in [5, 5.41) is 0. The molecular weight excluding hydrogens is 628 g/mol. The maximum atomic E-state index is 14.0. The normalized spacial score (nSPS) is 14.9. The summed E-state index contributed by atoms with van der Waals surface area (Å²) in [6.45, 7) is 8.41. The molecule has 1 unspecified atom stereocenters. The van der Waals surface area contributed by atoms with E-state index in [1.807, 2.05) is 66.7 Å². The highest BCUT2D eigenvalue weighted by atomic mass is 79.9. The Balaban J connectivity index is 1.58. The zero-order valence-corrected chi connectivity index (χ0v) is 27.1. The molecule has 0 aliphatic carbocycles.